The standard InChI is InChI=1S/C17H23NO/c1-13(19)18(4)12-10-16-15-8-6-5-7-14(15)9-11-17(16,2)3/h5-8,10H,9,11-12H2,1-4H3/b16-10-. The van der Waals surface area contributed by atoms with Crippen molar-refractivity contribution in [2.75, 3.05) is 13.6 Å². The first-order valence-corrected chi connectivity index (χ1v) is 6.92. The van der Waals surface area contributed by atoms with Gasteiger partial charge in [0.1, 0.15) is 0 Å². The van der Waals surface area contributed by atoms with E-state index in [-0.39, 0.29) is 11.3 Å². The van der Waals surface area contributed by atoms with Crippen LogP contribution in [0.3, 0.4) is 0 Å². The number of carbonyl (C=O) groups excluding carboxylic acids is 1. The van der Waals surface area contributed by atoms with Gasteiger partial charge in [0, 0.05) is 20.5 Å². The number of aryl methyl sites for hydroxylation is 1. The number of hydrogen-bond donors (Lipinski definition) is 0. The summed E-state index contributed by atoms with van der Waals surface area (Å²) in [4.78, 5) is 13.1. The Morgan fingerprint density at radius 2 is 2.05 bits per heavy atom. The zero-order valence-electron chi connectivity index (χ0n) is 12.4. The SMILES string of the molecule is CC(=O)N(C)C/C=C1/c2ccccc2CCC1(C)C. The van der Waals surface area contributed by atoms with E-state index < -0.39 is 0 Å². The lowest BCUT2D eigenvalue weighted by atomic mass is 9.70. The van der Waals surface area contributed by atoms with Crippen LogP contribution in [0.1, 0.15) is 38.3 Å². The minimum Gasteiger partial charge on any atom is -0.342 e. The third-order valence-electron chi connectivity index (χ3n) is 4.16. The molecule has 1 amide bonds. The van der Waals surface area contributed by atoms with Gasteiger partial charge in [0.15, 0.2) is 0 Å². The van der Waals surface area contributed by atoms with Crippen molar-refractivity contribution in [3.05, 3.63) is 41.5 Å². The number of benzene rings is 1. The van der Waals surface area contributed by atoms with Crippen LogP contribution in [0.2, 0.25) is 0 Å². The lowest BCUT2D eigenvalue weighted by molar-refractivity contribution is -0.127. The van der Waals surface area contributed by atoms with Crippen LogP contribution in [0.5, 0.6) is 0 Å². The Bertz CT molecular complexity index is 514. The van der Waals surface area contributed by atoms with Gasteiger partial charge < -0.3 is 4.90 Å². The molecule has 1 aliphatic carbocycles. The van der Waals surface area contributed by atoms with E-state index in [4.69, 9.17) is 0 Å². The fourth-order valence-electron chi connectivity index (χ4n) is 2.69. The van der Waals surface area contributed by atoms with E-state index in [0.29, 0.717) is 6.54 Å². The Hall–Kier alpha value is -1.57. The van der Waals surface area contributed by atoms with Crippen molar-refractivity contribution in [2.24, 2.45) is 5.41 Å². The zero-order valence-corrected chi connectivity index (χ0v) is 12.4. The highest BCUT2D eigenvalue weighted by Gasteiger charge is 2.29. The Balaban J connectivity index is 2.35. The molecule has 1 aromatic rings. The molecular weight excluding hydrogens is 234 g/mol. The van der Waals surface area contributed by atoms with Crippen molar-refractivity contribution in [3.63, 3.8) is 0 Å². The molecule has 1 aliphatic rings. The molecule has 0 spiro atoms. The quantitative estimate of drug-likeness (QED) is 0.794. The van der Waals surface area contributed by atoms with Crippen LogP contribution in [-0.4, -0.2) is 24.4 Å². The van der Waals surface area contributed by atoms with Crippen LogP contribution in [0.15, 0.2) is 30.3 Å². The van der Waals surface area contributed by atoms with E-state index in [9.17, 15) is 4.79 Å². The first-order valence-electron chi connectivity index (χ1n) is 6.92. The highest BCUT2D eigenvalue weighted by atomic mass is 16.2. The van der Waals surface area contributed by atoms with Crippen molar-refractivity contribution in [1.82, 2.24) is 4.90 Å². The van der Waals surface area contributed by atoms with Gasteiger partial charge in [-0.2, -0.15) is 0 Å². The largest absolute Gasteiger partial charge is 0.342 e. The molecule has 0 aliphatic heterocycles. The predicted octanol–water partition coefficient (Wildman–Crippen LogP) is 3.52. The van der Waals surface area contributed by atoms with E-state index in [1.54, 1.807) is 11.8 Å². The maximum atomic E-state index is 11.3. The molecular formula is C17H23NO. The highest BCUT2D eigenvalue weighted by molar-refractivity contribution is 5.76. The number of nitrogens with zero attached hydrogens (tertiary/aromatic N) is 1. The predicted molar refractivity (Wildman–Crippen MR) is 79.8 cm³/mol. The molecule has 0 atom stereocenters. The monoisotopic (exact) mass is 257 g/mol. The molecule has 0 bridgehead atoms. The minimum absolute atomic E-state index is 0.110. The number of hydrogen-bond acceptors (Lipinski definition) is 1. The molecule has 2 rings (SSSR count). The molecule has 0 radical (unpaired) electrons. The molecule has 0 saturated carbocycles. The minimum atomic E-state index is 0.110. The molecule has 0 aromatic heterocycles. The van der Waals surface area contributed by atoms with Gasteiger partial charge >= 0.3 is 0 Å². The lowest BCUT2D eigenvalue weighted by Gasteiger charge is -2.35. The fourth-order valence-corrected chi connectivity index (χ4v) is 2.69. The summed E-state index contributed by atoms with van der Waals surface area (Å²) in [5.41, 5.74) is 4.35. The number of amides is 1. The van der Waals surface area contributed by atoms with Gasteiger partial charge in [-0.15, -0.1) is 0 Å². The van der Waals surface area contributed by atoms with Crippen LogP contribution < -0.4 is 0 Å². The summed E-state index contributed by atoms with van der Waals surface area (Å²) in [6.45, 7) is 6.88. The van der Waals surface area contributed by atoms with E-state index >= 15 is 0 Å². The van der Waals surface area contributed by atoms with Crippen LogP contribution in [0.25, 0.3) is 5.57 Å². The first kappa shape index (κ1) is 13.9. The Labute approximate surface area is 116 Å². The maximum Gasteiger partial charge on any atom is 0.219 e. The third kappa shape index (κ3) is 2.89. The molecule has 0 saturated heterocycles. The van der Waals surface area contributed by atoms with Crippen molar-refractivity contribution >= 4 is 11.5 Å². The number of likely N-dealkylation sites (N-methyl/N-ethyl adjacent to an activating group) is 1. The third-order valence-corrected chi connectivity index (χ3v) is 4.16. The summed E-state index contributed by atoms with van der Waals surface area (Å²) in [6.07, 6.45) is 4.53. The van der Waals surface area contributed by atoms with E-state index in [1.807, 2.05) is 7.05 Å². The number of fused-ring (bicyclic) bond motifs is 1. The van der Waals surface area contributed by atoms with Gasteiger partial charge in [0.2, 0.25) is 5.91 Å². The Kier molecular flexibility index (Phi) is 3.79. The van der Waals surface area contributed by atoms with Gasteiger partial charge in [-0.25, -0.2) is 0 Å². The normalized spacial score (nSPS) is 19.1. The van der Waals surface area contributed by atoms with E-state index in [1.165, 1.54) is 23.1 Å². The average Bonchev–Trinajstić information content (AvgIpc) is 2.36. The summed E-state index contributed by atoms with van der Waals surface area (Å²) in [5, 5.41) is 0. The lowest BCUT2D eigenvalue weighted by Crippen LogP contribution is -2.26. The van der Waals surface area contributed by atoms with Crippen molar-refractivity contribution in [2.45, 2.75) is 33.6 Å². The first-order chi connectivity index (χ1) is 8.92. The Morgan fingerprint density at radius 3 is 2.74 bits per heavy atom. The molecule has 102 valence electrons. The second-order valence-corrected chi connectivity index (χ2v) is 6.06. The maximum absolute atomic E-state index is 11.3. The molecule has 0 N–H and O–H groups in total. The summed E-state index contributed by atoms with van der Waals surface area (Å²) < 4.78 is 0. The molecule has 1 aromatic carbocycles. The summed E-state index contributed by atoms with van der Waals surface area (Å²) >= 11 is 0. The van der Waals surface area contributed by atoms with Crippen molar-refractivity contribution < 1.29 is 4.79 Å². The van der Waals surface area contributed by atoms with Crippen LogP contribution >= 0.6 is 0 Å². The molecule has 19 heavy (non-hydrogen) atoms. The number of allylic oxidation sites excluding steroid dienone is 1. The molecule has 0 heterocycles. The van der Waals surface area contributed by atoms with Gasteiger partial charge in [-0.05, 0) is 35.0 Å². The number of carbonyl (C=O) groups is 1. The van der Waals surface area contributed by atoms with Gasteiger partial charge in [0.25, 0.3) is 0 Å². The second-order valence-electron chi connectivity index (χ2n) is 6.06. The van der Waals surface area contributed by atoms with Crippen molar-refractivity contribution in [3.8, 4) is 0 Å². The molecule has 0 unspecified atom stereocenters. The molecule has 0 fully saturated rings. The fraction of sp³-hybridized carbons (Fsp3) is 0.471. The summed E-state index contributed by atoms with van der Waals surface area (Å²) in [7, 11) is 1.85. The number of rotatable bonds is 2. The van der Waals surface area contributed by atoms with E-state index in [0.717, 1.165) is 6.42 Å². The van der Waals surface area contributed by atoms with Gasteiger partial charge in [-0.3, -0.25) is 4.79 Å². The molecule has 2 nitrogen and oxygen atoms in total. The summed E-state index contributed by atoms with van der Waals surface area (Å²) in [6, 6.07) is 8.63. The Morgan fingerprint density at radius 1 is 1.37 bits per heavy atom. The van der Waals surface area contributed by atoms with Crippen molar-refractivity contribution in [1.29, 1.82) is 0 Å². The smallest absolute Gasteiger partial charge is 0.219 e. The van der Waals surface area contributed by atoms with E-state index in [2.05, 4.69) is 44.2 Å². The van der Waals surface area contributed by atoms with Crippen LogP contribution in [0, 0.1) is 5.41 Å². The second kappa shape index (κ2) is 5.20. The van der Waals surface area contributed by atoms with Crippen LogP contribution in [-0.2, 0) is 11.2 Å². The molecule has 2 heteroatoms. The highest BCUT2D eigenvalue weighted by Crippen LogP contribution is 2.44. The average molecular weight is 257 g/mol. The summed E-state index contributed by atoms with van der Waals surface area (Å²) in [5.74, 6) is 0.110. The zero-order chi connectivity index (χ0) is 14.0. The topological polar surface area (TPSA) is 20.3 Å². The van der Waals surface area contributed by atoms with Crippen LogP contribution in [0.4, 0.5) is 0 Å². The van der Waals surface area contributed by atoms with Gasteiger partial charge in [0.05, 0.1) is 0 Å². The van der Waals surface area contributed by atoms with Gasteiger partial charge in [-0.1, -0.05) is 44.2 Å².